The second-order valence-electron chi connectivity index (χ2n) is 5.08. The van der Waals surface area contributed by atoms with Crippen LogP contribution in [0.5, 0.6) is 0 Å². The van der Waals surface area contributed by atoms with Crippen molar-refractivity contribution in [2.75, 3.05) is 13.1 Å². The molecule has 1 aromatic heterocycles. The lowest BCUT2D eigenvalue weighted by Gasteiger charge is -2.44. The molecule has 1 unspecified atom stereocenters. The molecule has 5 heteroatoms. The Morgan fingerprint density at radius 2 is 2.44 bits per heavy atom. The van der Waals surface area contributed by atoms with Crippen LogP contribution in [0.3, 0.4) is 0 Å². The van der Waals surface area contributed by atoms with Crippen molar-refractivity contribution in [2.24, 2.45) is 0 Å². The van der Waals surface area contributed by atoms with Crippen LogP contribution in [0.4, 0.5) is 0 Å². The second kappa shape index (κ2) is 4.51. The second-order valence-corrected chi connectivity index (χ2v) is 5.08. The number of rotatable bonds is 3. The first-order valence-electron chi connectivity index (χ1n) is 5.85. The molecule has 0 radical (unpaired) electrons. The largest absolute Gasteiger partial charge is 0.343 e. The van der Waals surface area contributed by atoms with E-state index < -0.39 is 0 Å². The van der Waals surface area contributed by atoms with E-state index in [0.717, 1.165) is 31.9 Å². The van der Waals surface area contributed by atoms with Gasteiger partial charge < -0.3 is 9.84 Å². The van der Waals surface area contributed by atoms with E-state index in [2.05, 4.69) is 41.1 Å². The van der Waals surface area contributed by atoms with Crippen LogP contribution in [0.25, 0.3) is 0 Å². The maximum absolute atomic E-state index is 4.77. The Labute approximate surface area is 96.2 Å². The molecule has 1 aromatic rings. The predicted molar refractivity (Wildman–Crippen MR) is 60.9 cm³/mol. The first-order valence-corrected chi connectivity index (χ1v) is 5.85. The summed E-state index contributed by atoms with van der Waals surface area (Å²) in [6.07, 6.45) is 2.53. The van der Waals surface area contributed by atoms with Crippen molar-refractivity contribution < 1.29 is 4.52 Å². The minimum Gasteiger partial charge on any atom is -0.343 e. The molecule has 1 aliphatic heterocycles. The third kappa shape index (κ3) is 2.59. The minimum atomic E-state index is 0.162. The minimum absolute atomic E-state index is 0.162. The highest BCUT2D eigenvalue weighted by atomic mass is 16.5. The smallest absolute Gasteiger partial charge is 0.213 e. The van der Waals surface area contributed by atoms with Crippen molar-refractivity contribution in [3.63, 3.8) is 0 Å². The van der Waals surface area contributed by atoms with Gasteiger partial charge in [-0.2, -0.15) is 4.98 Å². The van der Waals surface area contributed by atoms with Gasteiger partial charge in [-0.3, -0.25) is 4.90 Å². The summed E-state index contributed by atoms with van der Waals surface area (Å²) in [6, 6.07) is 0.562. The van der Waals surface area contributed by atoms with Gasteiger partial charge in [-0.15, -0.1) is 0 Å². The Morgan fingerprint density at radius 1 is 1.62 bits per heavy atom. The maximum Gasteiger partial charge on any atom is 0.213 e. The maximum atomic E-state index is 4.77. The number of hydrogen-bond acceptors (Lipinski definition) is 5. The van der Waals surface area contributed by atoms with Gasteiger partial charge in [0.15, 0.2) is 5.82 Å². The summed E-state index contributed by atoms with van der Waals surface area (Å²) in [7, 11) is 0. The van der Waals surface area contributed by atoms with E-state index in [0.29, 0.717) is 6.04 Å². The molecule has 0 spiro atoms. The molecule has 0 amide bonds. The SMILES string of the molecule is CCC1CNC(C)(C)CN1Cc1ncon1. The summed E-state index contributed by atoms with van der Waals surface area (Å²) in [6.45, 7) is 9.49. The molecule has 90 valence electrons. The van der Waals surface area contributed by atoms with Crippen molar-refractivity contribution in [3.05, 3.63) is 12.2 Å². The van der Waals surface area contributed by atoms with Crippen molar-refractivity contribution in [3.8, 4) is 0 Å². The van der Waals surface area contributed by atoms with Crippen LogP contribution in [0.1, 0.15) is 33.0 Å². The monoisotopic (exact) mass is 224 g/mol. The van der Waals surface area contributed by atoms with Gasteiger partial charge in [0.05, 0.1) is 6.54 Å². The first-order chi connectivity index (χ1) is 7.61. The fourth-order valence-corrected chi connectivity index (χ4v) is 2.25. The van der Waals surface area contributed by atoms with E-state index in [1.165, 1.54) is 6.39 Å². The Kier molecular flexibility index (Phi) is 3.25. The summed E-state index contributed by atoms with van der Waals surface area (Å²) < 4.78 is 4.77. The van der Waals surface area contributed by atoms with Gasteiger partial charge in [-0.05, 0) is 20.3 Å². The Bertz CT molecular complexity index is 323. The van der Waals surface area contributed by atoms with E-state index in [9.17, 15) is 0 Å². The van der Waals surface area contributed by atoms with Gasteiger partial charge in [0.2, 0.25) is 6.39 Å². The van der Waals surface area contributed by atoms with Crippen LogP contribution in [0, 0.1) is 0 Å². The molecule has 0 bridgehead atoms. The molecular weight excluding hydrogens is 204 g/mol. The average molecular weight is 224 g/mol. The predicted octanol–water partition coefficient (Wildman–Crippen LogP) is 1.03. The zero-order valence-corrected chi connectivity index (χ0v) is 10.2. The van der Waals surface area contributed by atoms with Crippen molar-refractivity contribution in [1.82, 2.24) is 20.4 Å². The van der Waals surface area contributed by atoms with Gasteiger partial charge in [0, 0.05) is 24.7 Å². The quantitative estimate of drug-likeness (QED) is 0.831. The Balaban J connectivity index is 2.03. The molecule has 1 aliphatic rings. The molecule has 1 saturated heterocycles. The van der Waals surface area contributed by atoms with Crippen molar-refractivity contribution >= 4 is 0 Å². The molecular formula is C11H20N4O. The lowest BCUT2D eigenvalue weighted by molar-refractivity contribution is 0.0826. The summed E-state index contributed by atoms with van der Waals surface area (Å²) >= 11 is 0. The summed E-state index contributed by atoms with van der Waals surface area (Å²) in [5.41, 5.74) is 0.162. The van der Waals surface area contributed by atoms with Gasteiger partial charge in [-0.1, -0.05) is 12.1 Å². The molecule has 0 aromatic carbocycles. The van der Waals surface area contributed by atoms with E-state index in [1.54, 1.807) is 0 Å². The van der Waals surface area contributed by atoms with E-state index in [-0.39, 0.29) is 5.54 Å². The highest BCUT2D eigenvalue weighted by Crippen LogP contribution is 2.18. The molecule has 16 heavy (non-hydrogen) atoms. The summed E-state index contributed by atoms with van der Waals surface area (Å²) in [4.78, 5) is 6.52. The number of nitrogens with one attached hydrogen (secondary N) is 1. The van der Waals surface area contributed by atoms with Gasteiger partial charge in [0.1, 0.15) is 0 Å². The number of hydrogen-bond donors (Lipinski definition) is 1. The fourth-order valence-electron chi connectivity index (χ4n) is 2.25. The van der Waals surface area contributed by atoms with Crippen LogP contribution in [0.15, 0.2) is 10.9 Å². The Hall–Kier alpha value is -0.940. The van der Waals surface area contributed by atoms with Crippen LogP contribution >= 0.6 is 0 Å². The standard InChI is InChI=1S/C11H20N4O/c1-4-9-5-13-11(2,3)7-15(9)6-10-12-8-16-14-10/h8-9,13H,4-7H2,1-3H3. The van der Waals surface area contributed by atoms with Gasteiger partial charge >= 0.3 is 0 Å². The molecule has 1 fully saturated rings. The lowest BCUT2D eigenvalue weighted by atomic mass is 9.97. The third-order valence-electron chi connectivity index (χ3n) is 3.15. The lowest BCUT2D eigenvalue weighted by Crippen LogP contribution is -2.61. The molecule has 1 N–H and O–H groups in total. The van der Waals surface area contributed by atoms with Crippen LogP contribution in [-0.4, -0.2) is 39.7 Å². The van der Waals surface area contributed by atoms with E-state index in [1.807, 2.05) is 0 Å². The molecule has 5 nitrogen and oxygen atoms in total. The number of piperazine rings is 1. The molecule has 2 rings (SSSR count). The van der Waals surface area contributed by atoms with Gasteiger partial charge in [-0.25, -0.2) is 0 Å². The summed E-state index contributed by atoms with van der Waals surface area (Å²) in [5, 5.41) is 7.44. The molecule has 0 saturated carbocycles. The molecule has 1 atom stereocenters. The molecule has 0 aliphatic carbocycles. The zero-order chi connectivity index (χ0) is 11.6. The van der Waals surface area contributed by atoms with Crippen LogP contribution in [-0.2, 0) is 6.54 Å². The van der Waals surface area contributed by atoms with Crippen LogP contribution < -0.4 is 5.32 Å². The molecule has 2 heterocycles. The van der Waals surface area contributed by atoms with Gasteiger partial charge in [0.25, 0.3) is 0 Å². The third-order valence-corrected chi connectivity index (χ3v) is 3.15. The fraction of sp³-hybridized carbons (Fsp3) is 0.818. The highest BCUT2D eigenvalue weighted by molar-refractivity contribution is 4.93. The zero-order valence-electron chi connectivity index (χ0n) is 10.2. The number of aromatic nitrogens is 2. The van der Waals surface area contributed by atoms with E-state index in [4.69, 9.17) is 4.52 Å². The topological polar surface area (TPSA) is 54.2 Å². The van der Waals surface area contributed by atoms with Crippen LogP contribution in [0.2, 0.25) is 0 Å². The summed E-state index contributed by atoms with van der Waals surface area (Å²) in [5.74, 6) is 0.774. The van der Waals surface area contributed by atoms with Crippen molar-refractivity contribution in [2.45, 2.75) is 45.3 Å². The van der Waals surface area contributed by atoms with Crippen molar-refractivity contribution in [1.29, 1.82) is 0 Å². The number of nitrogens with zero attached hydrogens (tertiary/aromatic N) is 3. The average Bonchev–Trinajstić information content (AvgIpc) is 2.70. The highest BCUT2D eigenvalue weighted by Gasteiger charge is 2.31. The first kappa shape index (κ1) is 11.5. The van der Waals surface area contributed by atoms with E-state index >= 15 is 0 Å². The normalized spacial score (nSPS) is 25.8. The Morgan fingerprint density at radius 3 is 3.06 bits per heavy atom.